The van der Waals surface area contributed by atoms with E-state index in [1.165, 1.54) is 16.7 Å². The van der Waals surface area contributed by atoms with Gasteiger partial charge in [0.1, 0.15) is 0 Å². The lowest BCUT2D eigenvalue weighted by molar-refractivity contribution is -0.0799. The second kappa shape index (κ2) is 6.04. The summed E-state index contributed by atoms with van der Waals surface area (Å²) in [5.41, 5.74) is 10.00. The molecule has 3 heteroatoms. The van der Waals surface area contributed by atoms with E-state index in [0.717, 1.165) is 13.1 Å². The Balaban J connectivity index is 2.23. The zero-order valence-corrected chi connectivity index (χ0v) is 12.5. The number of nitrogens with two attached hydrogens (primary N) is 1. The fourth-order valence-corrected chi connectivity index (χ4v) is 3.17. The molecule has 106 valence electrons. The molecule has 0 amide bonds. The molecule has 1 fully saturated rings. The van der Waals surface area contributed by atoms with Gasteiger partial charge >= 0.3 is 0 Å². The molecule has 1 aromatic rings. The highest BCUT2D eigenvalue weighted by Gasteiger charge is 2.28. The van der Waals surface area contributed by atoms with E-state index in [-0.39, 0.29) is 12.2 Å². The van der Waals surface area contributed by atoms with Crippen molar-refractivity contribution in [3.05, 3.63) is 34.9 Å². The van der Waals surface area contributed by atoms with Crippen molar-refractivity contribution in [2.45, 2.75) is 45.9 Å². The first-order valence-electron chi connectivity index (χ1n) is 7.17. The third-order valence-corrected chi connectivity index (χ3v) is 3.74. The number of benzene rings is 1. The van der Waals surface area contributed by atoms with Crippen LogP contribution in [-0.4, -0.2) is 36.7 Å². The van der Waals surface area contributed by atoms with Crippen LogP contribution in [0.1, 0.15) is 36.6 Å². The molecule has 1 aliphatic rings. The van der Waals surface area contributed by atoms with Crippen molar-refractivity contribution in [2.24, 2.45) is 5.73 Å². The number of hydrogen-bond donors (Lipinski definition) is 1. The first-order chi connectivity index (χ1) is 8.99. The Bertz CT molecular complexity index is 403. The third kappa shape index (κ3) is 3.56. The minimum Gasteiger partial charge on any atom is -0.373 e. The number of hydrogen-bond acceptors (Lipinski definition) is 3. The van der Waals surface area contributed by atoms with E-state index in [2.05, 4.69) is 50.8 Å². The lowest BCUT2D eigenvalue weighted by atomic mass is 9.99. The zero-order chi connectivity index (χ0) is 14.0. The van der Waals surface area contributed by atoms with Crippen molar-refractivity contribution in [2.75, 3.05) is 19.6 Å². The molecule has 2 rings (SSSR count). The van der Waals surface area contributed by atoms with Gasteiger partial charge in [-0.1, -0.05) is 29.3 Å². The molecule has 1 aromatic carbocycles. The Hall–Kier alpha value is -0.900. The van der Waals surface area contributed by atoms with Gasteiger partial charge in [0.25, 0.3) is 0 Å². The molecule has 1 heterocycles. The van der Waals surface area contributed by atoms with Crippen molar-refractivity contribution in [3.63, 3.8) is 0 Å². The van der Waals surface area contributed by atoms with Crippen molar-refractivity contribution in [1.82, 2.24) is 4.90 Å². The molecule has 0 saturated carbocycles. The van der Waals surface area contributed by atoms with E-state index in [4.69, 9.17) is 10.5 Å². The molecule has 19 heavy (non-hydrogen) atoms. The Morgan fingerprint density at radius 2 is 1.68 bits per heavy atom. The smallest absolute Gasteiger partial charge is 0.0678 e. The van der Waals surface area contributed by atoms with Gasteiger partial charge in [-0.25, -0.2) is 0 Å². The van der Waals surface area contributed by atoms with Gasteiger partial charge in [-0.05, 0) is 33.3 Å². The predicted molar refractivity (Wildman–Crippen MR) is 79.3 cm³/mol. The molecule has 2 N–H and O–H groups in total. The Labute approximate surface area is 116 Å². The van der Waals surface area contributed by atoms with E-state index in [1.807, 2.05) is 0 Å². The zero-order valence-electron chi connectivity index (χ0n) is 12.5. The number of morpholine rings is 1. The Morgan fingerprint density at radius 3 is 2.16 bits per heavy atom. The minimum atomic E-state index is 0.281. The van der Waals surface area contributed by atoms with E-state index < -0.39 is 0 Å². The molecular formula is C16H26N2O. The van der Waals surface area contributed by atoms with Crippen molar-refractivity contribution >= 4 is 0 Å². The second-order valence-corrected chi connectivity index (χ2v) is 5.88. The van der Waals surface area contributed by atoms with Crippen LogP contribution in [-0.2, 0) is 4.74 Å². The number of aryl methyl sites for hydroxylation is 2. The van der Waals surface area contributed by atoms with Crippen LogP contribution < -0.4 is 5.73 Å². The predicted octanol–water partition coefficient (Wildman–Crippen LogP) is 2.41. The molecule has 3 nitrogen and oxygen atoms in total. The maximum Gasteiger partial charge on any atom is 0.0678 e. The summed E-state index contributed by atoms with van der Waals surface area (Å²) in [6.45, 7) is 11.1. The van der Waals surface area contributed by atoms with Crippen LogP contribution in [0.15, 0.2) is 18.2 Å². The minimum absolute atomic E-state index is 0.281. The van der Waals surface area contributed by atoms with Crippen LogP contribution in [0, 0.1) is 13.8 Å². The summed E-state index contributed by atoms with van der Waals surface area (Å²) in [4.78, 5) is 2.47. The lowest BCUT2D eigenvalue weighted by Crippen LogP contribution is -2.48. The standard InChI is InChI=1S/C16H26N2O/c1-11-5-12(2)7-15(6-11)16(8-17)18-9-13(3)19-14(4)10-18/h5-7,13-14,16H,8-10,17H2,1-4H3/t13-,14+,16?. The fourth-order valence-electron chi connectivity index (χ4n) is 3.17. The van der Waals surface area contributed by atoms with Crippen molar-refractivity contribution < 1.29 is 4.74 Å². The monoisotopic (exact) mass is 262 g/mol. The topological polar surface area (TPSA) is 38.5 Å². The van der Waals surface area contributed by atoms with Gasteiger partial charge in [0.05, 0.1) is 12.2 Å². The summed E-state index contributed by atoms with van der Waals surface area (Å²) in [6.07, 6.45) is 0.562. The highest BCUT2D eigenvalue weighted by molar-refractivity contribution is 5.31. The van der Waals surface area contributed by atoms with E-state index in [9.17, 15) is 0 Å². The average molecular weight is 262 g/mol. The fraction of sp³-hybridized carbons (Fsp3) is 0.625. The molecule has 0 radical (unpaired) electrons. The highest BCUT2D eigenvalue weighted by Crippen LogP contribution is 2.25. The molecule has 0 aliphatic carbocycles. The van der Waals surface area contributed by atoms with Gasteiger partial charge in [-0.2, -0.15) is 0 Å². The average Bonchev–Trinajstić information content (AvgIpc) is 2.27. The maximum atomic E-state index is 6.04. The Kier molecular flexibility index (Phi) is 4.61. The van der Waals surface area contributed by atoms with Crippen LogP contribution in [0.5, 0.6) is 0 Å². The van der Waals surface area contributed by atoms with E-state index in [0.29, 0.717) is 12.6 Å². The Morgan fingerprint density at radius 1 is 1.16 bits per heavy atom. The van der Waals surface area contributed by atoms with Gasteiger partial charge in [0.15, 0.2) is 0 Å². The van der Waals surface area contributed by atoms with E-state index in [1.54, 1.807) is 0 Å². The third-order valence-electron chi connectivity index (χ3n) is 3.74. The van der Waals surface area contributed by atoms with Gasteiger partial charge in [-0.3, -0.25) is 4.90 Å². The molecule has 0 spiro atoms. The molecular weight excluding hydrogens is 236 g/mol. The molecule has 3 atom stereocenters. The normalized spacial score (nSPS) is 26.4. The van der Waals surface area contributed by atoms with Crippen LogP contribution in [0.2, 0.25) is 0 Å². The van der Waals surface area contributed by atoms with E-state index >= 15 is 0 Å². The van der Waals surface area contributed by atoms with Crippen LogP contribution in [0.25, 0.3) is 0 Å². The highest BCUT2D eigenvalue weighted by atomic mass is 16.5. The van der Waals surface area contributed by atoms with Gasteiger partial charge in [0, 0.05) is 25.7 Å². The largest absolute Gasteiger partial charge is 0.373 e. The molecule has 1 aliphatic heterocycles. The second-order valence-electron chi connectivity index (χ2n) is 5.88. The molecule has 1 saturated heterocycles. The molecule has 0 aromatic heterocycles. The summed E-state index contributed by atoms with van der Waals surface area (Å²) in [5, 5.41) is 0. The van der Waals surface area contributed by atoms with Crippen LogP contribution in [0.4, 0.5) is 0 Å². The van der Waals surface area contributed by atoms with Crippen LogP contribution in [0.3, 0.4) is 0 Å². The first kappa shape index (κ1) is 14.5. The molecule has 0 bridgehead atoms. The van der Waals surface area contributed by atoms with Gasteiger partial charge < -0.3 is 10.5 Å². The van der Waals surface area contributed by atoms with Gasteiger partial charge in [0.2, 0.25) is 0 Å². The number of nitrogens with zero attached hydrogens (tertiary/aromatic N) is 1. The summed E-state index contributed by atoms with van der Waals surface area (Å²) >= 11 is 0. The van der Waals surface area contributed by atoms with Crippen molar-refractivity contribution in [1.29, 1.82) is 0 Å². The number of ether oxygens (including phenoxy) is 1. The lowest BCUT2D eigenvalue weighted by Gasteiger charge is -2.40. The summed E-state index contributed by atoms with van der Waals surface area (Å²) in [6, 6.07) is 7.03. The van der Waals surface area contributed by atoms with Crippen LogP contribution >= 0.6 is 0 Å². The molecule has 1 unspecified atom stereocenters. The first-order valence-corrected chi connectivity index (χ1v) is 7.17. The summed E-state index contributed by atoms with van der Waals surface area (Å²) < 4.78 is 5.81. The maximum absolute atomic E-state index is 6.04. The SMILES string of the molecule is Cc1cc(C)cc(C(CN)N2C[C@@H](C)O[C@@H](C)C2)c1. The van der Waals surface area contributed by atoms with Crippen molar-refractivity contribution in [3.8, 4) is 0 Å². The number of rotatable bonds is 3. The van der Waals surface area contributed by atoms with Gasteiger partial charge in [-0.15, -0.1) is 0 Å². The summed E-state index contributed by atoms with van der Waals surface area (Å²) in [7, 11) is 0. The summed E-state index contributed by atoms with van der Waals surface area (Å²) in [5.74, 6) is 0. The quantitative estimate of drug-likeness (QED) is 0.909.